The highest BCUT2D eigenvalue weighted by atomic mass is 16.5. The van der Waals surface area contributed by atoms with E-state index in [2.05, 4.69) is 10.3 Å². The summed E-state index contributed by atoms with van der Waals surface area (Å²) < 4.78 is 9.95. The van der Waals surface area contributed by atoms with Gasteiger partial charge in [0.05, 0.1) is 13.7 Å². The lowest BCUT2D eigenvalue weighted by Crippen LogP contribution is -2.23. The van der Waals surface area contributed by atoms with Gasteiger partial charge in [0.1, 0.15) is 6.61 Å². The molecule has 94 valence electrons. The van der Waals surface area contributed by atoms with Crippen LogP contribution in [0.4, 0.5) is 0 Å². The maximum absolute atomic E-state index is 10.4. The molecule has 0 atom stereocenters. The molecule has 6 heteroatoms. The van der Waals surface area contributed by atoms with E-state index in [1.807, 2.05) is 6.07 Å². The van der Waals surface area contributed by atoms with Crippen LogP contribution in [0.25, 0.3) is 0 Å². The number of carbonyl (C=O) groups is 1. The third kappa shape index (κ3) is 5.84. The number of nitrogens with one attached hydrogen (secondary N) is 1. The van der Waals surface area contributed by atoms with Crippen molar-refractivity contribution >= 4 is 5.91 Å². The van der Waals surface area contributed by atoms with E-state index in [9.17, 15) is 4.79 Å². The van der Waals surface area contributed by atoms with Crippen molar-refractivity contribution in [1.29, 1.82) is 0 Å². The predicted molar refractivity (Wildman–Crippen MR) is 62.5 cm³/mol. The van der Waals surface area contributed by atoms with Gasteiger partial charge >= 0.3 is 0 Å². The van der Waals surface area contributed by atoms with E-state index in [1.54, 1.807) is 19.4 Å². The first-order valence-corrected chi connectivity index (χ1v) is 5.28. The van der Waals surface area contributed by atoms with E-state index in [-0.39, 0.29) is 6.61 Å². The molecule has 0 fully saturated rings. The highest BCUT2D eigenvalue weighted by molar-refractivity contribution is 5.74. The minimum atomic E-state index is -0.454. The van der Waals surface area contributed by atoms with E-state index < -0.39 is 5.91 Å². The molecule has 1 rings (SSSR count). The summed E-state index contributed by atoms with van der Waals surface area (Å²) in [6, 6.07) is 3.74. The van der Waals surface area contributed by atoms with E-state index >= 15 is 0 Å². The molecular formula is C11H17N3O3. The van der Waals surface area contributed by atoms with Crippen LogP contribution in [-0.2, 0) is 16.1 Å². The first-order valence-electron chi connectivity index (χ1n) is 5.28. The van der Waals surface area contributed by atoms with Crippen LogP contribution in [0.5, 0.6) is 5.88 Å². The van der Waals surface area contributed by atoms with Gasteiger partial charge in [-0.2, -0.15) is 0 Å². The number of carbonyl (C=O) groups excluding carboxylic acids is 1. The summed E-state index contributed by atoms with van der Waals surface area (Å²) in [7, 11) is 1.58. The zero-order chi connectivity index (χ0) is 12.5. The molecule has 1 heterocycles. The van der Waals surface area contributed by atoms with Gasteiger partial charge in [-0.3, -0.25) is 4.79 Å². The van der Waals surface area contributed by atoms with Crippen molar-refractivity contribution in [3.8, 4) is 5.88 Å². The number of primary amides is 1. The number of methoxy groups -OCH3 is 1. The Labute approximate surface area is 100 Å². The lowest BCUT2D eigenvalue weighted by Gasteiger charge is -2.05. The molecule has 0 spiro atoms. The van der Waals surface area contributed by atoms with Crippen molar-refractivity contribution in [1.82, 2.24) is 10.3 Å². The molecule has 0 bridgehead atoms. The Hall–Kier alpha value is -1.66. The Kier molecular flexibility index (Phi) is 5.98. The van der Waals surface area contributed by atoms with Crippen molar-refractivity contribution in [2.75, 3.05) is 26.9 Å². The van der Waals surface area contributed by atoms with E-state index in [1.165, 1.54) is 0 Å². The van der Waals surface area contributed by atoms with Gasteiger partial charge in [0.2, 0.25) is 11.8 Å². The molecule has 0 aliphatic rings. The number of rotatable bonds is 8. The van der Waals surface area contributed by atoms with Crippen LogP contribution < -0.4 is 15.8 Å². The molecule has 1 aromatic rings. The normalized spacial score (nSPS) is 10.2. The molecule has 0 radical (unpaired) electrons. The van der Waals surface area contributed by atoms with Crippen LogP contribution in [0.15, 0.2) is 18.3 Å². The van der Waals surface area contributed by atoms with Gasteiger partial charge in [-0.15, -0.1) is 0 Å². The summed E-state index contributed by atoms with van der Waals surface area (Å²) in [6.45, 7) is 1.76. The van der Waals surface area contributed by atoms with Crippen LogP contribution in [-0.4, -0.2) is 37.8 Å². The fourth-order valence-corrected chi connectivity index (χ4v) is 1.19. The molecule has 0 aliphatic carbocycles. The molecule has 3 N–H and O–H groups in total. The lowest BCUT2D eigenvalue weighted by molar-refractivity contribution is -0.122. The van der Waals surface area contributed by atoms with Crippen LogP contribution in [0.1, 0.15) is 5.56 Å². The first-order chi connectivity index (χ1) is 8.22. The van der Waals surface area contributed by atoms with Gasteiger partial charge in [-0.1, -0.05) is 6.07 Å². The summed E-state index contributed by atoms with van der Waals surface area (Å²) >= 11 is 0. The third-order valence-electron chi connectivity index (χ3n) is 2.00. The van der Waals surface area contributed by atoms with Crippen molar-refractivity contribution in [2.24, 2.45) is 5.73 Å². The Morgan fingerprint density at radius 2 is 2.35 bits per heavy atom. The van der Waals surface area contributed by atoms with E-state index in [0.29, 0.717) is 25.6 Å². The molecular weight excluding hydrogens is 222 g/mol. The largest absolute Gasteiger partial charge is 0.481 e. The second kappa shape index (κ2) is 7.59. The Morgan fingerprint density at radius 3 is 2.94 bits per heavy atom. The maximum Gasteiger partial charge on any atom is 0.243 e. The van der Waals surface area contributed by atoms with E-state index in [4.69, 9.17) is 15.2 Å². The molecule has 1 aromatic heterocycles. The van der Waals surface area contributed by atoms with Crippen molar-refractivity contribution in [2.45, 2.75) is 6.54 Å². The van der Waals surface area contributed by atoms with E-state index in [0.717, 1.165) is 5.56 Å². The van der Waals surface area contributed by atoms with Crippen molar-refractivity contribution < 1.29 is 14.3 Å². The Morgan fingerprint density at radius 1 is 1.53 bits per heavy atom. The summed E-state index contributed by atoms with van der Waals surface area (Å²) in [5.74, 6) is 0.142. The number of hydrogen-bond donors (Lipinski definition) is 2. The molecule has 0 aliphatic heterocycles. The van der Waals surface area contributed by atoms with Crippen LogP contribution >= 0.6 is 0 Å². The topological polar surface area (TPSA) is 86.5 Å². The molecule has 17 heavy (non-hydrogen) atoms. The minimum absolute atomic E-state index is 0.0359. The summed E-state index contributed by atoms with van der Waals surface area (Å²) in [5, 5.41) is 3.15. The van der Waals surface area contributed by atoms with Gasteiger partial charge in [0.25, 0.3) is 0 Å². The van der Waals surface area contributed by atoms with Crippen LogP contribution in [0.2, 0.25) is 0 Å². The zero-order valence-corrected chi connectivity index (χ0v) is 9.81. The van der Waals surface area contributed by atoms with Crippen LogP contribution in [0, 0.1) is 0 Å². The van der Waals surface area contributed by atoms with Gasteiger partial charge in [-0.05, 0) is 5.56 Å². The number of amides is 1. The average molecular weight is 239 g/mol. The first kappa shape index (κ1) is 13.4. The zero-order valence-electron chi connectivity index (χ0n) is 9.81. The quantitative estimate of drug-likeness (QED) is 0.607. The lowest BCUT2D eigenvalue weighted by atomic mass is 10.3. The molecule has 0 saturated heterocycles. The second-order valence-corrected chi connectivity index (χ2v) is 3.40. The second-order valence-electron chi connectivity index (χ2n) is 3.40. The number of nitrogens with zero attached hydrogens (tertiary/aromatic N) is 1. The number of nitrogens with two attached hydrogens (primary N) is 1. The molecule has 1 amide bonds. The van der Waals surface area contributed by atoms with Gasteiger partial charge in [-0.25, -0.2) is 4.98 Å². The number of ether oxygens (including phenoxy) is 2. The smallest absolute Gasteiger partial charge is 0.243 e. The molecule has 0 unspecified atom stereocenters. The predicted octanol–water partition coefficient (Wildman–Crippen LogP) is -0.318. The highest BCUT2D eigenvalue weighted by Crippen LogP contribution is 2.05. The fourth-order valence-electron chi connectivity index (χ4n) is 1.19. The molecule has 0 saturated carbocycles. The summed E-state index contributed by atoms with van der Waals surface area (Å²) in [4.78, 5) is 14.5. The summed E-state index contributed by atoms with van der Waals surface area (Å²) in [6.07, 6.45) is 1.75. The Balaban J connectivity index is 2.11. The standard InChI is InChI=1S/C11H17N3O3/c1-16-11-3-2-9(7-14-11)6-13-4-5-17-8-10(12)15/h2-3,7,13H,4-6,8H2,1H3,(H2,12,15). The Bertz CT molecular complexity index is 340. The van der Waals surface area contributed by atoms with Gasteiger partial charge in [0, 0.05) is 25.4 Å². The van der Waals surface area contributed by atoms with Crippen molar-refractivity contribution in [3.63, 3.8) is 0 Å². The minimum Gasteiger partial charge on any atom is -0.481 e. The third-order valence-corrected chi connectivity index (χ3v) is 2.00. The van der Waals surface area contributed by atoms with Gasteiger partial charge < -0.3 is 20.5 Å². The molecule has 0 aromatic carbocycles. The summed E-state index contributed by atoms with van der Waals surface area (Å²) in [5.41, 5.74) is 5.98. The maximum atomic E-state index is 10.4. The fraction of sp³-hybridized carbons (Fsp3) is 0.455. The van der Waals surface area contributed by atoms with Crippen LogP contribution in [0.3, 0.4) is 0 Å². The van der Waals surface area contributed by atoms with Gasteiger partial charge in [0.15, 0.2) is 0 Å². The molecule has 6 nitrogen and oxygen atoms in total. The average Bonchev–Trinajstić information content (AvgIpc) is 2.34. The number of pyridine rings is 1. The highest BCUT2D eigenvalue weighted by Gasteiger charge is 1.96. The number of hydrogen-bond acceptors (Lipinski definition) is 5. The monoisotopic (exact) mass is 239 g/mol. The SMILES string of the molecule is COc1ccc(CNCCOCC(N)=O)cn1. The van der Waals surface area contributed by atoms with Crippen molar-refractivity contribution in [3.05, 3.63) is 23.9 Å². The number of aromatic nitrogens is 1.